The predicted octanol–water partition coefficient (Wildman–Crippen LogP) is 3.02. The Morgan fingerprint density at radius 1 is 1.10 bits per heavy atom. The van der Waals surface area contributed by atoms with E-state index in [4.69, 9.17) is 4.74 Å². The number of benzene rings is 1. The molecule has 150 valence electrons. The van der Waals surface area contributed by atoms with Crippen molar-refractivity contribution >= 4 is 22.2 Å². The summed E-state index contributed by atoms with van der Waals surface area (Å²) in [6, 6.07) is 15.5. The summed E-state index contributed by atoms with van der Waals surface area (Å²) < 4.78 is 5.60. The highest BCUT2D eigenvalue weighted by molar-refractivity contribution is 7.16. The van der Waals surface area contributed by atoms with E-state index in [9.17, 15) is 4.79 Å². The Bertz CT molecular complexity index is 967. The van der Waals surface area contributed by atoms with E-state index in [-0.39, 0.29) is 11.9 Å². The van der Waals surface area contributed by atoms with Crippen molar-refractivity contribution < 1.29 is 14.4 Å². The van der Waals surface area contributed by atoms with Gasteiger partial charge in [0, 0.05) is 16.6 Å². The number of hydrogen-bond donors (Lipinski definition) is 2. The van der Waals surface area contributed by atoms with Gasteiger partial charge in [-0.3, -0.25) is 9.78 Å². The summed E-state index contributed by atoms with van der Waals surface area (Å²) in [5, 5.41) is 4.10. The molecule has 1 aliphatic rings. The van der Waals surface area contributed by atoms with E-state index in [2.05, 4.69) is 30.2 Å². The van der Waals surface area contributed by atoms with Gasteiger partial charge in [-0.05, 0) is 43.7 Å². The molecule has 0 saturated carbocycles. The lowest BCUT2D eigenvalue weighted by Gasteiger charge is -2.32. The highest BCUT2D eigenvalue weighted by Crippen LogP contribution is 2.38. The molecule has 3 aromatic rings. The average molecular weight is 409 g/mol. The van der Waals surface area contributed by atoms with Crippen molar-refractivity contribution in [1.82, 2.24) is 4.98 Å². The maximum absolute atomic E-state index is 12.9. The molecule has 4 rings (SSSR count). The first-order valence-electron chi connectivity index (χ1n) is 9.94. The van der Waals surface area contributed by atoms with Gasteiger partial charge in [-0.25, -0.2) is 0 Å². The number of pyridine rings is 1. The van der Waals surface area contributed by atoms with E-state index >= 15 is 0 Å². The first kappa shape index (κ1) is 19.8. The maximum atomic E-state index is 12.9. The molecular formula is C23H26N3O2S+. The number of anilines is 1. The SMILES string of the molecule is Cc1sc(NC(=O)c2ccccc2)c([C@@H](c2ccccn2)[NH+]2CCOCC2)c1C. The number of hydrogen-bond acceptors (Lipinski definition) is 4. The summed E-state index contributed by atoms with van der Waals surface area (Å²) >= 11 is 1.65. The molecule has 1 atom stereocenters. The van der Waals surface area contributed by atoms with E-state index in [0.29, 0.717) is 5.56 Å². The lowest BCUT2D eigenvalue weighted by atomic mass is 9.98. The van der Waals surface area contributed by atoms with Gasteiger partial charge in [-0.1, -0.05) is 24.3 Å². The number of aryl methyl sites for hydroxylation is 1. The molecule has 0 aliphatic carbocycles. The molecule has 3 heterocycles. The van der Waals surface area contributed by atoms with E-state index in [0.717, 1.165) is 37.0 Å². The molecule has 6 heteroatoms. The van der Waals surface area contributed by atoms with Gasteiger partial charge < -0.3 is 15.0 Å². The van der Waals surface area contributed by atoms with Crippen LogP contribution < -0.4 is 10.2 Å². The number of carbonyl (C=O) groups is 1. The summed E-state index contributed by atoms with van der Waals surface area (Å²) in [5.41, 5.74) is 4.09. The Kier molecular flexibility index (Phi) is 6.04. The molecule has 29 heavy (non-hydrogen) atoms. The second kappa shape index (κ2) is 8.86. The molecule has 0 unspecified atom stereocenters. The van der Waals surface area contributed by atoms with Crippen LogP contribution in [-0.2, 0) is 4.74 Å². The number of rotatable bonds is 5. The van der Waals surface area contributed by atoms with Crippen LogP contribution in [0, 0.1) is 13.8 Å². The minimum absolute atomic E-state index is 0.0659. The number of nitrogens with zero attached hydrogens (tertiary/aromatic N) is 1. The minimum Gasteiger partial charge on any atom is -0.370 e. The molecule has 5 nitrogen and oxygen atoms in total. The Hall–Kier alpha value is -2.54. The standard InChI is InChI=1S/C23H25N3O2S/c1-16-17(2)29-23(25-22(27)18-8-4-3-5-9-18)20(16)21(19-10-6-7-11-24-19)26-12-14-28-15-13-26/h3-11,21H,12-15H2,1-2H3,(H,25,27)/p+1/t21-/m1/s1. The van der Waals surface area contributed by atoms with Crippen LogP contribution >= 0.6 is 11.3 Å². The van der Waals surface area contributed by atoms with Crippen molar-refractivity contribution in [3.63, 3.8) is 0 Å². The highest BCUT2D eigenvalue weighted by Gasteiger charge is 2.34. The fourth-order valence-corrected chi connectivity index (χ4v) is 4.97. The molecule has 1 amide bonds. The van der Waals surface area contributed by atoms with Gasteiger partial charge in [0.15, 0.2) is 6.04 Å². The zero-order chi connectivity index (χ0) is 20.2. The number of nitrogens with one attached hydrogen (secondary N) is 2. The molecule has 0 bridgehead atoms. The fraction of sp³-hybridized carbons (Fsp3) is 0.304. The number of carbonyl (C=O) groups excluding carboxylic acids is 1. The second-order valence-corrected chi connectivity index (χ2v) is 8.53. The van der Waals surface area contributed by atoms with Crippen LogP contribution in [0.15, 0.2) is 54.7 Å². The Morgan fingerprint density at radius 2 is 1.83 bits per heavy atom. The van der Waals surface area contributed by atoms with Crippen LogP contribution in [0.5, 0.6) is 0 Å². The van der Waals surface area contributed by atoms with Gasteiger partial charge in [0.05, 0.1) is 18.8 Å². The summed E-state index contributed by atoms with van der Waals surface area (Å²) in [6.45, 7) is 7.59. The van der Waals surface area contributed by atoms with Crippen LogP contribution in [0.3, 0.4) is 0 Å². The fourth-order valence-electron chi connectivity index (χ4n) is 3.88. The van der Waals surface area contributed by atoms with Gasteiger partial charge >= 0.3 is 0 Å². The zero-order valence-corrected chi connectivity index (χ0v) is 17.6. The predicted molar refractivity (Wildman–Crippen MR) is 116 cm³/mol. The molecule has 1 fully saturated rings. The first-order valence-corrected chi connectivity index (χ1v) is 10.8. The summed E-state index contributed by atoms with van der Waals surface area (Å²) in [7, 11) is 0. The Labute approximate surface area is 175 Å². The smallest absolute Gasteiger partial charge is 0.256 e. The molecule has 2 N–H and O–H groups in total. The molecule has 2 aromatic heterocycles. The van der Waals surface area contributed by atoms with E-state index in [1.165, 1.54) is 20.9 Å². The third kappa shape index (κ3) is 4.24. The van der Waals surface area contributed by atoms with Gasteiger partial charge in [-0.15, -0.1) is 11.3 Å². The number of ether oxygens (including phenoxy) is 1. The molecule has 0 radical (unpaired) electrons. The zero-order valence-electron chi connectivity index (χ0n) is 16.8. The lowest BCUT2D eigenvalue weighted by molar-refractivity contribution is -0.933. The average Bonchev–Trinajstić information content (AvgIpc) is 3.04. The van der Waals surface area contributed by atoms with Crippen molar-refractivity contribution in [3.05, 3.63) is 82.0 Å². The van der Waals surface area contributed by atoms with Crippen LogP contribution in [0.1, 0.15) is 38.1 Å². The van der Waals surface area contributed by atoms with Crippen molar-refractivity contribution in [1.29, 1.82) is 0 Å². The van der Waals surface area contributed by atoms with Gasteiger partial charge in [0.25, 0.3) is 5.91 Å². The quantitative estimate of drug-likeness (QED) is 0.682. The van der Waals surface area contributed by atoms with Crippen LogP contribution in [0.2, 0.25) is 0 Å². The van der Waals surface area contributed by atoms with Gasteiger partial charge in [0.2, 0.25) is 0 Å². The maximum Gasteiger partial charge on any atom is 0.256 e. The number of amides is 1. The van der Waals surface area contributed by atoms with Crippen LogP contribution in [-0.4, -0.2) is 37.2 Å². The Morgan fingerprint density at radius 3 is 2.52 bits per heavy atom. The van der Waals surface area contributed by atoms with Gasteiger partial charge in [0.1, 0.15) is 23.8 Å². The normalized spacial score (nSPS) is 15.8. The van der Waals surface area contributed by atoms with Crippen molar-refractivity contribution in [2.24, 2.45) is 0 Å². The van der Waals surface area contributed by atoms with E-state index < -0.39 is 0 Å². The van der Waals surface area contributed by atoms with Crippen LogP contribution in [0.4, 0.5) is 5.00 Å². The second-order valence-electron chi connectivity index (χ2n) is 7.30. The van der Waals surface area contributed by atoms with E-state index in [1.54, 1.807) is 11.3 Å². The first-order chi connectivity index (χ1) is 14.1. The summed E-state index contributed by atoms with van der Waals surface area (Å²) in [6.07, 6.45) is 1.85. The van der Waals surface area contributed by atoms with Crippen molar-refractivity contribution in [2.75, 3.05) is 31.6 Å². The summed E-state index contributed by atoms with van der Waals surface area (Å²) in [4.78, 5) is 20.2. The lowest BCUT2D eigenvalue weighted by Crippen LogP contribution is -3.14. The monoisotopic (exact) mass is 408 g/mol. The number of aromatic nitrogens is 1. The largest absolute Gasteiger partial charge is 0.370 e. The molecule has 1 saturated heterocycles. The van der Waals surface area contributed by atoms with Crippen molar-refractivity contribution in [2.45, 2.75) is 19.9 Å². The topological polar surface area (TPSA) is 55.7 Å². The summed E-state index contributed by atoms with van der Waals surface area (Å²) in [5.74, 6) is -0.0788. The van der Waals surface area contributed by atoms with Gasteiger partial charge in [-0.2, -0.15) is 0 Å². The third-order valence-electron chi connectivity index (χ3n) is 5.51. The number of morpholine rings is 1. The van der Waals surface area contributed by atoms with E-state index in [1.807, 2.05) is 48.7 Å². The molecule has 1 aromatic carbocycles. The van der Waals surface area contributed by atoms with Crippen LogP contribution in [0.25, 0.3) is 0 Å². The molecule has 0 spiro atoms. The highest BCUT2D eigenvalue weighted by atomic mass is 32.1. The molecular weight excluding hydrogens is 382 g/mol. The third-order valence-corrected chi connectivity index (χ3v) is 6.65. The number of quaternary nitrogens is 1. The minimum atomic E-state index is -0.0788. The molecule has 1 aliphatic heterocycles. The number of thiophene rings is 1. The van der Waals surface area contributed by atoms with Crippen molar-refractivity contribution in [3.8, 4) is 0 Å². The Balaban J connectivity index is 1.75.